The van der Waals surface area contributed by atoms with E-state index in [9.17, 15) is 9.59 Å². The SMILES string of the molecule is C[C@@H](C(=O)NC1CCCC1)N(Cc1ccc(Cl)cc1)C(=O)CSCc1ccccc1. The van der Waals surface area contributed by atoms with Crippen LogP contribution in [-0.2, 0) is 21.9 Å². The summed E-state index contributed by atoms with van der Waals surface area (Å²) in [5, 5.41) is 3.78. The fourth-order valence-electron chi connectivity index (χ4n) is 3.67. The fraction of sp³-hybridized carbons (Fsp3) is 0.417. The number of rotatable bonds is 9. The molecule has 1 fully saturated rings. The van der Waals surface area contributed by atoms with Gasteiger partial charge in [-0.05, 0) is 43.0 Å². The first-order valence-corrected chi connectivity index (χ1v) is 12.0. The van der Waals surface area contributed by atoms with Gasteiger partial charge in [-0.3, -0.25) is 9.59 Å². The predicted octanol–water partition coefficient (Wildman–Crippen LogP) is 5.05. The number of nitrogens with zero attached hydrogens (tertiary/aromatic N) is 1. The molecule has 0 aliphatic heterocycles. The zero-order chi connectivity index (χ0) is 21.3. The van der Waals surface area contributed by atoms with E-state index < -0.39 is 6.04 Å². The Balaban J connectivity index is 1.64. The van der Waals surface area contributed by atoms with Gasteiger partial charge in [0, 0.05) is 23.4 Å². The molecule has 1 aliphatic carbocycles. The second-order valence-electron chi connectivity index (χ2n) is 7.79. The van der Waals surface area contributed by atoms with Gasteiger partial charge in [-0.1, -0.05) is 66.9 Å². The Morgan fingerprint density at radius 1 is 1.07 bits per heavy atom. The molecule has 2 aromatic carbocycles. The van der Waals surface area contributed by atoms with Gasteiger partial charge in [-0.2, -0.15) is 0 Å². The van der Waals surface area contributed by atoms with Crippen LogP contribution in [-0.4, -0.2) is 34.6 Å². The highest BCUT2D eigenvalue weighted by Crippen LogP contribution is 2.20. The lowest BCUT2D eigenvalue weighted by atomic mass is 10.1. The Hall–Kier alpha value is -1.98. The third-order valence-corrected chi connectivity index (χ3v) is 6.71. The van der Waals surface area contributed by atoms with Crippen molar-refractivity contribution in [1.82, 2.24) is 10.2 Å². The van der Waals surface area contributed by atoms with Crippen molar-refractivity contribution in [1.29, 1.82) is 0 Å². The van der Waals surface area contributed by atoms with Crippen molar-refractivity contribution in [2.24, 2.45) is 0 Å². The first-order valence-electron chi connectivity index (χ1n) is 10.5. The van der Waals surface area contributed by atoms with Gasteiger partial charge in [0.05, 0.1) is 5.75 Å². The van der Waals surface area contributed by atoms with Gasteiger partial charge in [0.15, 0.2) is 0 Å². The van der Waals surface area contributed by atoms with Crippen LogP contribution in [0, 0.1) is 0 Å². The number of nitrogens with one attached hydrogen (secondary N) is 1. The highest BCUT2D eigenvalue weighted by atomic mass is 35.5. The summed E-state index contributed by atoms with van der Waals surface area (Å²) in [7, 11) is 0. The molecule has 30 heavy (non-hydrogen) atoms. The average molecular weight is 445 g/mol. The Morgan fingerprint density at radius 2 is 1.73 bits per heavy atom. The van der Waals surface area contributed by atoms with Crippen LogP contribution < -0.4 is 5.32 Å². The Bertz CT molecular complexity index is 823. The number of hydrogen-bond acceptors (Lipinski definition) is 3. The molecule has 1 saturated carbocycles. The molecule has 0 saturated heterocycles. The number of thioether (sulfide) groups is 1. The summed E-state index contributed by atoms with van der Waals surface area (Å²) in [4.78, 5) is 27.6. The first kappa shape index (κ1) is 22.7. The van der Waals surface area contributed by atoms with Crippen LogP contribution >= 0.6 is 23.4 Å². The van der Waals surface area contributed by atoms with E-state index in [1.807, 2.05) is 49.4 Å². The van der Waals surface area contributed by atoms with Crippen LogP contribution in [0.1, 0.15) is 43.7 Å². The number of benzene rings is 2. The fourth-order valence-corrected chi connectivity index (χ4v) is 4.67. The van der Waals surface area contributed by atoms with Gasteiger partial charge in [-0.15, -0.1) is 11.8 Å². The summed E-state index contributed by atoms with van der Waals surface area (Å²) < 4.78 is 0. The van der Waals surface area contributed by atoms with E-state index in [1.54, 1.807) is 16.7 Å². The van der Waals surface area contributed by atoms with E-state index in [-0.39, 0.29) is 17.9 Å². The topological polar surface area (TPSA) is 49.4 Å². The zero-order valence-electron chi connectivity index (χ0n) is 17.4. The molecule has 0 unspecified atom stereocenters. The van der Waals surface area contributed by atoms with Crippen molar-refractivity contribution in [2.75, 3.05) is 5.75 Å². The molecule has 0 aromatic heterocycles. The predicted molar refractivity (Wildman–Crippen MR) is 124 cm³/mol. The van der Waals surface area contributed by atoms with E-state index in [1.165, 1.54) is 5.56 Å². The summed E-state index contributed by atoms with van der Waals surface area (Å²) in [6.07, 6.45) is 4.36. The monoisotopic (exact) mass is 444 g/mol. The first-order chi connectivity index (χ1) is 14.5. The van der Waals surface area contributed by atoms with E-state index >= 15 is 0 Å². The van der Waals surface area contributed by atoms with Crippen LogP contribution in [0.5, 0.6) is 0 Å². The van der Waals surface area contributed by atoms with Crippen molar-refractivity contribution < 1.29 is 9.59 Å². The van der Waals surface area contributed by atoms with Crippen LogP contribution in [0.15, 0.2) is 54.6 Å². The Kier molecular flexibility index (Phi) is 8.64. The highest BCUT2D eigenvalue weighted by molar-refractivity contribution is 7.99. The van der Waals surface area contributed by atoms with E-state index in [0.29, 0.717) is 17.3 Å². The zero-order valence-corrected chi connectivity index (χ0v) is 18.9. The number of halogens is 1. The van der Waals surface area contributed by atoms with Gasteiger partial charge < -0.3 is 10.2 Å². The van der Waals surface area contributed by atoms with Gasteiger partial charge in [0.1, 0.15) is 6.04 Å². The van der Waals surface area contributed by atoms with E-state index in [4.69, 9.17) is 11.6 Å². The second-order valence-corrected chi connectivity index (χ2v) is 9.21. The molecule has 1 N–H and O–H groups in total. The molecule has 1 atom stereocenters. The van der Waals surface area contributed by atoms with Crippen LogP contribution in [0.2, 0.25) is 5.02 Å². The van der Waals surface area contributed by atoms with Gasteiger partial charge >= 0.3 is 0 Å². The highest BCUT2D eigenvalue weighted by Gasteiger charge is 2.28. The minimum absolute atomic E-state index is 0.0278. The quantitative estimate of drug-likeness (QED) is 0.588. The van der Waals surface area contributed by atoms with Crippen molar-refractivity contribution >= 4 is 35.2 Å². The van der Waals surface area contributed by atoms with Gasteiger partial charge in [0.25, 0.3) is 0 Å². The van der Waals surface area contributed by atoms with Gasteiger partial charge in [0.2, 0.25) is 11.8 Å². The van der Waals surface area contributed by atoms with Crippen molar-refractivity contribution in [3.05, 3.63) is 70.7 Å². The molecule has 3 rings (SSSR count). The smallest absolute Gasteiger partial charge is 0.242 e. The molecule has 4 nitrogen and oxygen atoms in total. The summed E-state index contributed by atoms with van der Waals surface area (Å²) in [5.74, 6) is 1.00. The van der Waals surface area contributed by atoms with Crippen LogP contribution in [0.3, 0.4) is 0 Å². The van der Waals surface area contributed by atoms with Crippen molar-refractivity contribution in [3.63, 3.8) is 0 Å². The molecule has 0 spiro atoms. The van der Waals surface area contributed by atoms with Gasteiger partial charge in [-0.25, -0.2) is 0 Å². The molecule has 6 heteroatoms. The average Bonchev–Trinajstić information content (AvgIpc) is 3.26. The summed E-state index contributed by atoms with van der Waals surface area (Å²) in [5.41, 5.74) is 2.15. The molecule has 1 aliphatic rings. The molecule has 2 aromatic rings. The van der Waals surface area contributed by atoms with E-state index in [2.05, 4.69) is 17.4 Å². The number of carbonyl (C=O) groups is 2. The molecule has 2 amide bonds. The largest absolute Gasteiger partial charge is 0.352 e. The normalized spacial score (nSPS) is 15.0. The number of amides is 2. The maximum atomic E-state index is 13.1. The standard InChI is InChI=1S/C24H29ClN2O2S/c1-18(24(29)26-22-9-5-6-10-22)27(15-19-11-13-21(25)14-12-19)23(28)17-30-16-20-7-3-2-4-8-20/h2-4,7-8,11-14,18,22H,5-6,9-10,15-17H2,1H3,(H,26,29)/t18-/m0/s1. The Morgan fingerprint density at radius 3 is 2.40 bits per heavy atom. The van der Waals surface area contributed by atoms with Crippen LogP contribution in [0.25, 0.3) is 0 Å². The van der Waals surface area contributed by atoms with Crippen molar-refractivity contribution in [2.45, 2.75) is 57.0 Å². The molecule has 160 valence electrons. The number of hydrogen-bond donors (Lipinski definition) is 1. The third-order valence-electron chi connectivity index (χ3n) is 5.47. The second kappa shape index (κ2) is 11.4. The maximum absolute atomic E-state index is 13.1. The summed E-state index contributed by atoms with van der Waals surface area (Å²) in [6.45, 7) is 2.21. The molecule has 0 radical (unpaired) electrons. The third kappa shape index (κ3) is 6.78. The lowest BCUT2D eigenvalue weighted by Crippen LogP contribution is -2.50. The molecular weight excluding hydrogens is 416 g/mol. The molecular formula is C24H29ClN2O2S. The minimum Gasteiger partial charge on any atom is -0.352 e. The molecule has 0 bridgehead atoms. The Labute approximate surface area is 188 Å². The lowest BCUT2D eigenvalue weighted by Gasteiger charge is -2.29. The summed E-state index contributed by atoms with van der Waals surface area (Å²) >= 11 is 7.57. The van der Waals surface area contributed by atoms with Crippen LogP contribution in [0.4, 0.5) is 0 Å². The number of carbonyl (C=O) groups excluding carboxylic acids is 2. The maximum Gasteiger partial charge on any atom is 0.242 e. The minimum atomic E-state index is -0.522. The van der Waals surface area contributed by atoms with Crippen molar-refractivity contribution in [3.8, 4) is 0 Å². The molecule has 0 heterocycles. The van der Waals surface area contributed by atoms with E-state index in [0.717, 1.165) is 37.0 Å². The lowest BCUT2D eigenvalue weighted by molar-refractivity contribution is -0.138. The summed E-state index contributed by atoms with van der Waals surface area (Å²) in [6, 6.07) is 17.2.